The van der Waals surface area contributed by atoms with Gasteiger partial charge in [-0.1, -0.05) is 6.92 Å². The summed E-state index contributed by atoms with van der Waals surface area (Å²) in [6.45, 7) is 5.05. The molecule has 0 aliphatic carbocycles. The van der Waals surface area contributed by atoms with Crippen LogP contribution in [0.5, 0.6) is 0 Å². The Morgan fingerprint density at radius 2 is 2.16 bits per heavy atom. The molecule has 2 aromatic rings. The van der Waals surface area contributed by atoms with Crippen molar-refractivity contribution in [3.05, 3.63) is 34.1 Å². The van der Waals surface area contributed by atoms with E-state index in [4.69, 9.17) is 5.73 Å². The summed E-state index contributed by atoms with van der Waals surface area (Å²) < 4.78 is 5.07. The number of nitrogens with zero attached hydrogens (tertiary/aromatic N) is 4. The molecule has 0 aromatic carbocycles. The van der Waals surface area contributed by atoms with E-state index in [-0.39, 0.29) is 6.04 Å². The lowest BCUT2D eigenvalue weighted by Crippen LogP contribution is -2.19. The number of aromatic nitrogens is 4. The van der Waals surface area contributed by atoms with E-state index in [0.29, 0.717) is 0 Å². The van der Waals surface area contributed by atoms with Crippen molar-refractivity contribution in [1.82, 2.24) is 19.3 Å². The maximum Gasteiger partial charge on any atom is 0.125 e. The van der Waals surface area contributed by atoms with Gasteiger partial charge in [0, 0.05) is 32.4 Å². The van der Waals surface area contributed by atoms with Crippen molar-refractivity contribution in [2.75, 3.05) is 0 Å². The molecule has 2 rings (SSSR count). The first-order chi connectivity index (χ1) is 9.08. The smallest absolute Gasteiger partial charge is 0.125 e. The Bertz CT molecular complexity index is 557. The number of nitrogens with two attached hydrogens (primary N) is 1. The molecule has 0 aliphatic heterocycles. The number of rotatable bonds is 5. The molecule has 2 heterocycles. The first-order valence-electron chi connectivity index (χ1n) is 6.55. The van der Waals surface area contributed by atoms with Gasteiger partial charge in [-0.3, -0.25) is 4.68 Å². The third kappa shape index (κ3) is 2.74. The highest BCUT2D eigenvalue weighted by Gasteiger charge is 2.19. The lowest BCUT2D eigenvalue weighted by atomic mass is 10.1. The Labute approximate surface area is 121 Å². The summed E-state index contributed by atoms with van der Waals surface area (Å²) in [4.78, 5) is 4.32. The standard InChI is InChI=1S/C13H20BrN5/c1-4-10-12(14)11(19(5-2)17-10)8-9(15)13-16-6-7-18(13)3/h6-7,9H,4-5,8,15H2,1-3H3. The number of hydrogen-bond donors (Lipinski definition) is 1. The topological polar surface area (TPSA) is 61.7 Å². The summed E-state index contributed by atoms with van der Waals surface area (Å²) in [6, 6.07) is -0.122. The van der Waals surface area contributed by atoms with E-state index in [1.807, 2.05) is 22.5 Å². The molecule has 19 heavy (non-hydrogen) atoms. The average molecular weight is 326 g/mol. The summed E-state index contributed by atoms with van der Waals surface area (Å²) in [7, 11) is 1.96. The fourth-order valence-electron chi connectivity index (χ4n) is 2.25. The third-order valence-electron chi connectivity index (χ3n) is 3.30. The molecular formula is C13H20BrN5. The zero-order valence-corrected chi connectivity index (χ0v) is 13.2. The van der Waals surface area contributed by atoms with Crippen molar-refractivity contribution in [2.24, 2.45) is 12.8 Å². The van der Waals surface area contributed by atoms with E-state index in [0.717, 1.165) is 41.1 Å². The van der Waals surface area contributed by atoms with Crippen LogP contribution in [0.25, 0.3) is 0 Å². The van der Waals surface area contributed by atoms with Gasteiger partial charge in [-0.2, -0.15) is 5.10 Å². The third-order valence-corrected chi connectivity index (χ3v) is 4.21. The highest BCUT2D eigenvalue weighted by atomic mass is 79.9. The molecule has 0 saturated carbocycles. The first kappa shape index (κ1) is 14.3. The van der Waals surface area contributed by atoms with E-state index >= 15 is 0 Å². The summed E-state index contributed by atoms with van der Waals surface area (Å²) in [5.74, 6) is 0.897. The molecule has 6 heteroatoms. The average Bonchev–Trinajstić information content (AvgIpc) is 2.95. The molecule has 0 amide bonds. The van der Waals surface area contributed by atoms with Crippen LogP contribution in [0.15, 0.2) is 16.9 Å². The molecule has 0 spiro atoms. The van der Waals surface area contributed by atoms with Crippen LogP contribution in [-0.4, -0.2) is 19.3 Å². The summed E-state index contributed by atoms with van der Waals surface area (Å²) in [6.07, 6.45) is 5.34. The maximum atomic E-state index is 6.27. The number of aryl methyl sites for hydroxylation is 3. The molecule has 104 valence electrons. The second-order valence-electron chi connectivity index (χ2n) is 4.58. The van der Waals surface area contributed by atoms with Crippen LogP contribution in [0.2, 0.25) is 0 Å². The Morgan fingerprint density at radius 3 is 2.68 bits per heavy atom. The zero-order chi connectivity index (χ0) is 14.0. The molecule has 0 bridgehead atoms. The Hall–Kier alpha value is -1.14. The minimum Gasteiger partial charge on any atom is -0.337 e. The second kappa shape index (κ2) is 5.88. The zero-order valence-electron chi connectivity index (χ0n) is 11.6. The number of imidazole rings is 1. The molecule has 0 saturated heterocycles. The lowest BCUT2D eigenvalue weighted by molar-refractivity contribution is 0.563. The normalized spacial score (nSPS) is 12.9. The first-order valence-corrected chi connectivity index (χ1v) is 7.34. The summed E-state index contributed by atoms with van der Waals surface area (Å²) >= 11 is 3.65. The van der Waals surface area contributed by atoms with Crippen LogP contribution in [0.4, 0.5) is 0 Å². The van der Waals surface area contributed by atoms with E-state index in [2.05, 4.69) is 39.9 Å². The molecule has 0 aliphatic rings. The molecule has 5 nitrogen and oxygen atoms in total. The Balaban J connectivity index is 2.28. The summed E-state index contributed by atoms with van der Waals surface area (Å²) in [5.41, 5.74) is 8.51. The highest BCUT2D eigenvalue weighted by Crippen LogP contribution is 2.26. The van der Waals surface area contributed by atoms with Gasteiger partial charge in [-0.15, -0.1) is 0 Å². The van der Waals surface area contributed by atoms with Gasteiger partial charge in [-0.25, -0.2) is 4.98 Å². The minimum atomic E-state index is -0.122. The number of hydrogen-bond acceptors (Lipinski definition) is 3. The SMILES string of the molecule is CCc1nn(CC)c(CC(N)c2nccn2C)c1Br. The van der Waals surface area contributed by atoms with E-state index < -0.39 is 0 Å². The van der Waals surface area contributed by atoms with Crippen LogP contribution < -0.4 is 5.73 Å². The largest absolute Gasteiger partial charge is 0.337 e. The van der Waals surface area contributed by atoms with Gasteiger partial charge >= 0.3 is 0 Å². The van der Waals surface area contributed by atoms with Gasteiger partial charge in [0.2, 0.25) is 0 Å². The van der Waals surface area contributed by atoms with Crippen molar-refractivity contribution < 1.29 is 0 Å². The van der Waals surface area contributed by atoms with E-state index in [9.17, 15) is 0 Å². The summed E-state index contributed by atoms with van der Waals surface area (Å²) in [5, 5.41) is 4.59. The molecule has 0 radical (unpaired) electrons. The quantitative estimate of drug-likeness (QED) is 0.916. The fraction of sp³-hybridized carbons (Fsp3) is 0.538. The van der Waals surface area contributed by atoms with Crippen molar-refractivity contribution in [3.63, 3.8) is 0 Å². The molecule has 0 fully saturated rings. The van der Waals surface area contributed by atoms with Crippen LogP contribution in [0.3, 0.4) is 0 Å². The van der Waals surface area contributed by atoms with Crippen LogP contribution >= 0.6 is 15.9 Å². The van der Waals surface area contributed by atoms with Gasteiger partial charge in [0.05, 0.1) is 21.9 Å². The molecular weight excluding hydrogens is 306 g/mol. The van der Waals surface area contributed by atoms with Crippen molar-refractivity contribution in [1.29, 1.82) is 0 Å². The molecule has 1 unspecified atom stereocenters. The van der Waals surface area contributed by atoms with Crippen LogP contribution in [0, 0.1) is 0 Å². The van der Waals surface area contributed by atoms with Gasteiger partial charge in [0.25, 0.3) is 0 Å². The predicted molar refractivity (Wildman–Crippen MR) is 78.8 cm³/mol. The Morgan fingerprint density at radius 1 is 1.42 bits per heavy atom. The Kier molecular flexibility index (Phi) is 4.42. The maximum absolute atomic E-state index is 6.27. The molecule has 1 atom stereocenters. The van der Waals surface area contributed by atoms with E-state index in [1.54, 1.807) is 6.20 Å². The van der Waals surface area contributed by atoms with Crippen LogP contribution in [0.1, 0.15) is 37.1 Å². The van der Waals surface area contributed by atoms with Crippen molar-refractivity contribution in [2.45, 2.75) is 39.3 Å². The molecule has 2 N–H and O–H groups in total. The second-order valence-corrected chi connectivity index (χ2v) is 5.38. The minimum absolute atomic E-state index is 0.122. The van der Waals surface area contributed by atoms with Crippen molar-refractivity contribution >= 4 is 15.9 Å². The number of halogens is 1. The van der Waals surface area contributed by atoms with Gasteiger partial charge in [-0.05, 0) is 29.3 Å². The van der Waals surface area contributed by atoms with Gasteiger partial charge < -0.3 is 10.3 Å². The van der Waals surface area contributed by atoms with Gasteiger partial charge in [0.1, 0.15) is 5.82 Å². The fourth-order valence-corrected chi connectivity index (χ4v) is 2.97. The predicted octanol–water partition coefficient (Wildman–Crippen LogP) is 2.20. The van der Waals surface area contributed by atoms with Crippen molar-refractivity contribution in [3.8, 4) is 0 Å². The molecule has 2 aromatic heterocycles. The monoisotopic (exact) mass is 325 g/mol. The van der Waals surface area contributed by atoms with Gasteiger partial charge in [0.15, 0.2) is 0 Å². The van der Waals surface area contributed by atoms with Crippen LogP contribution in [-0.2, 0) is 26.4 Å². The van der Waals surface area contributed by atoms with E-state index in [1.165, 1.54) is 0 Å². The highest BCUT2D eigenvalue weighted by molar-refractivity contribution is 9.10. The lowest BCUT2D eigenvalue weighted by Gasteiger charge is -2.13.